The van der Waals surface area contributed by atoms with Gasteiger partial charge in [0.25, 0.3) is 0 Å². The van der Waals surface area contributed by atoms with Crippen molar-refractivity contribution >= 4 is 5.97 Å². The Labute approximate surface area is 85.7 Å². The van der Waals surface area contributed by atoms with Gasteiger partial charge >= 0.3 is 5.97 Å². The Bertz CT molecular complexity index is 371. The zero-order chi connectivity index (χ0) is 10.9. The fraction of sp³-hybridized carbons (Fsp3) is 0.400. The van der Waals surface area contributed by atoms with Crippen molar-refractivity contribution in [1.29, 1.82) is 0 Å². The fourth-order valence-corrected chi connectivity index (χ4v) is 1.77. The summed E-state index contributed by atoms with van der Waals surface area (Å²) in [5.41, 5.74) is -0.936. The van der Waals surface area contributed by atoms with E-state index in [0.29, 0.717) is 25.0 Å². The maximum absolute atomic E-state index is 12.6. The molecule has 1 aliphatic heterocycles. The molecule has 1 fully saturated rings. The molecule has 4 nitrogen and oxygen atoms in total. The maximum Gasteiger partial charge on any atom is 0.340 e. The number of aromatic nitrogens is 1. The highest BCUT2D eigenvalue weighted by Gasteiger charge is 2.44. The average Bonchev–Trinajstić information content (AvgIpc) is 2.69. The van der Waals surface area contributed by atoms with E-state index in [0.717, 1.165) is 6.07 Å². The van der Waals surface area contributed by atoms with E-state index in [9.17, 15) is 9.18 Å². The molecule has 1 atom stereocenters. The van der Waals surface area contributed by atoms with Gasteiger partial charge in [-0.15, -0.1) is 0 Å². The standard InChI is InChI=1S/C10H10FNO3/c11-8-3-2-7(6-12-8)10(9(13)14)4-1-5-15-10/h2-3,6H,1,4-5H2,(H,13,14). The number of halogens is 1. The fourth-order valence-electron chi connectivity index (χ4n) is 1.77. The molecule has 0 amide bonds. The minimum atomic E-state index is -1.33. The van der Waals surface area contributed by atoms with Crippen LogP contribution in [-0.4, -0.2) is 22.7 Å². The maximum atomic E-state index is 12.6. The number of pyridine rings is 1. The quantitative estimate of drug-likeness (QED) is 0.749. The second kappa shape index (κ2) is 3.58. The van der Waals surface area contributed by atoms with E-state index < -0.39 is 17.5 Å². The van der Waals surface area contributed by atoms with Crippen molar-refractivity contribution in [3.63, 3.8) is 0 Å². The SMILES string of the molecule is O=C(O)C1(c2ccc(F)nc2)CCCO1. The molecule has 1 aromatic rings. The van der Waals surface area contributed by atoms with Crippen LogP contribution in [0.3, 0.4) is 0 Å². The summed E-state index contributed by atoms with van der Waals surface area (Å²) in [4.78, 5) is 14.6. The molecule has 2 rings (SSSR count). The highest BCUT2D eigenvalue weighted by Crippen LogP contribution is 2.35. The van der Waals surface area contributed by atoms with E-state index >= 15 is 0 Å². The monoisotopic (exact) mass is 211 g/mol. The summed E-state index contributed by atoms with van der Waals surface area (Å²) < 4.78 is 17.9. The number of nitrogens with zero attached hydrogens (tertiary/aromatic N) is 1. The van der Waals surface area contributed by atoms with E-state index in [1.54, 1.807) is 0 Å². The highest BCUT2D eigenvalue weighted by atomic mass is 19.1. The van der Waals surface area contributed by atoms with E-state index in [-0.39, 0.29) is 0 Å². The summed E-state index contributed by atoms with van der Waals surface area (Å²) in [5.74, 6) is -1.68. The van der Waals surface area contributed by atoms with E-state index in [1.165, 1.54) is 12.3 Å². The molecule has 0 radical (unpaired) electrons. The molecule has 0 aliphatic carbocycles. The molecule has 1 saturated heterocycles. The van der Waals surface area contributed by atoms with Crippen LogP contribution in [0.5, 0.6) is 0 Å². The van der Waals surface area contributed by atoms with Crippen molar-refractivity contribution in [2.24, 2.45) is 0 Å². The van der Waals surface area contributed by atoms with Crippen LogP contribution in [0.4, 0.5) is 4.39 Å². The highest BCUT2D eigenvalue weighted by molar-refractivity contribution is 5.79. The molecule has 0 saturated carbocycles. The summed E-state index contributed by atoms with van der Waals surface area (Å²) >= 11 is 0. The Morgan fingerprint density at radius 3 is 2.87 bits per heavy atom. The zero-order valence-corrected chi connectivity index (χ0v) is 7.94. The van der Waals surface area contributed by atoms with Crippen molar-refractivity contribution in [1.82, 2.24) is 4.98 Å². The Balaban J connectivity index is 2.41. The molecular formula is C10H10FNO3. The number of rotatable bonds is 2. The second-order valence-corrected chi connectivity index (χ2v) is 3.45. The zero-order valence-electron chi connectivity index (χ0n) is 7.94. The molecule has 2 heterocycles. The smallest absolute Gasteiger partial charge is 0.340 e. The van der Waals surface area contributed by atoms with Crippen LogP contribution < -0.4 is 0 Å². The number of hydrogen-bond acceptors (Lipinski definition) is 3. The molecule has 0 spiro atoms. The van der Waals surface area contributed by atoms with Crippen LogP contribution in [-0.2, 0) is 15.1 Å². The predicted molar refractivity (Wildman–Crippen MR) is 48.7 cm³/mol. The van der Waals surface area contributed by atoms with Gasteiger partial charge in [-0.05, 0) is 25.0 Å². The van der Waals surface area contributed by atoms with Crippen LogP contribution >= 0.6 is 0 Å². The van der Waals surface area contributed by atoms with E-state index in [1.807, 2.05) is 0 Å². The second-order valence-electron chi connectivity index (χ2n) is 3.45. The Morgan fingerprint density at radius 1 is 1.60 bits per heavy atom. The Morgan fingerprint density at radius 2 is 2.40 bits per heavy atom. The largest absolute Gasteiger partial charge is 0.479 e. The molecule has 1 N–H and O–H groups in total. The number of aliphatic carboxylic acids is 1. The first-order chi connectivity index (χ1) is 7.15. The molecule has 5 heteroatoms. The number of carboxylic acid groups (broad SMARTS) is 1. The molecular weight excluding hydrogens is 201 g/mol. The topological polar surface area (TPSA) is 59.4 Å². The van der Waals surface area contributed by atoms with Crippen LogP contribution in [0.2, 0.25) is 0 Å². The first-order valence-corrected chi connectivity index (χ1v) is 4.64. The van der Waals surface area contributed by atoms with Gasteiger partial charge in [0, 0.05) is 18.4 Å². The van der Waals surface area contributed by atoms with Gasteiger partial charge in [-0.1, -0.05) is 0 Å². The van der Waals surface area contributed by atoms with Gasteiger partial charge in [0.15, 0.2) is 5.60 Å². The van der Waals surface area contributed by atoms with Crippen molar-refractivity contribution in [3.05, 3.63) is 29.8 Å². The molecule has 1 aromatic heterocycles. The van der Waals surface area contributed by atoms with Crippen LogP contribution in [0.25, 0.3) is 0 Å². The van der Waals surface area contributed by atoms with Crippen molar-refractivity contribution < 1.29 is 19.0 Å². The van der Waals surface area contributed by atoms with Crippen molar-refractivity contribution in [2.45, 2.75) is 18.4 Å². The molecule has 1 aliphatic rings. The normalized spacial score (nSPS) is 25.4. The summed E-state index contributed by atoms with van der Waals surface area (Å²) in [6, 6.07) is 2.55. The average molecular weight is 211 g/mol. The number of carbonyl (C=O) groups is 1. The number of hydrogen-bond donors (Lipinski definition) is 1. The lowest BCUT2D eigenvalue weighted by Gasteiger charge is -2.23. The molecule has 1 unspecified atom stereocenters. The summed E-state index contributed by atoms with van der Waals surface area (Å²) in [7, 11) is 0. The van der Waals surface area contributed by atoms with Crippen molar-refractivity contribution in [2.75, 3.05) is 6.61 Å². The van der Waals surface area contributed by atoms with Gasteiger partial charge < -0.3 is 9.84 Å². The minimum Gasteiger partial charge on any atom is -0.479 e. The lowest BCUT2D eigenvalue weighted by Crippen LogP contribution is -2.34. The predicted octanol–water partition coefficient (Wildman–Crippen LogP) is 1.31. The van der Waals surface area contributed by atoms with Gasteiger partial charge in [-0.2, -0.15) is 4.39 Å². The van der Waals surface area contributed by atoms with Gasteiger partial charge in [0.2, 0.25) is 5.95 Å². The Hall–Kier alpha value is -1.49. The third-order valence-electron chi connectivity index (χ3n) is 2.56. The third kappa shape index (κ3) is 1.59. The van der Waals surface area contributed by atoms with Gasteiger partial charge in [-0.25, -0.2) is 9.78 Å². The van der Waals surface area contributed by atoms with Crippen LogP contribution in [0.1, 0.15) is 18.4 Å². The summed E-state index contributed by atoms with van der Waals surface area (Å²) in [5, 5.41) is 9.14. The van der Waals surface area contributed by atoms with E-state index in [2.05, 4.69) is 4.98 Å². The van der Waals surface area contributed by atoms with Gasteiger partial charge in [-0.3, -0.25) is 0 Å². The summed E-state index contributed by atoms with van der Waals surface area (Å²) in [6.45, 7) is 0.406. The molecule has 80 valence electrons. The minimum absolute atomic E-state index is 0.397. The van der Waals surface area contributed by atoms with E-state index in [4.69, 9.17) is 9.84 Å². The molecule has 15 heavy (non-hydrogen) atoms. The first-order valence-electron chi connectivity index (χ1n) is 4.64. The van der Waals surface area contributed by atoms with Crippen molar-refractivity contribution in [3.8, 4) is 0 Å². The van der Waals surface area contributed by atoms with Gasteiger partial charge in [0.05, 0.1) is 0 Å². The van der Waals surface area contributed by atoms with Crippen LogP contribution in [0.15, 0.2) is 18.3 Å². The van der Waals surface area contributed by atoms with Gasteiger partial charge in [0.1, 0.15) is 0 Å². The first kappa shape index (κ1) is 10.0. The third-order valence-corrected chi connectivity index (χ3v) is 2.56. The lowest BCUT2D eigenvalue weighted by molar-refractivity contribution is -0.161. The van der Waals surface area contributed by atoms with Crippen LogP contribution in [0, 0.1) is 5.95 Å². The molecule has 0 aromatic carbocycles. The molecule has 0 bridgehead atoms. The summed E-state index contributed by atoms with van der Waals surface area (Å²) in [6.07, 6.45) is 2.30. The lowest BCUT2D eigenvalue weighted by atomic mass is 9.92. The Kier molecular flexibility index (Phi) is 2.40. The number of carboxylic acids is 1. The number of ether oxygens (including phenoxy) is 1.